The summed E-state index contributed by atoms with van der Waals surface area (Å²) in [4.78, 5) is 0. The Morgan fingerprint density at radius 1 is 1.06 bits per heavy atom. The maximum absolute atomic E-state index is 6.18. The molecule has 0 saturated heterocycles. The summed E-state index contributed by atoms with van der Waals surface area (Å²) in [6, 6.07) is 0. The first kappa shape index (κ1) is 29.8. The zero-order valence-corrected chi connectivity index (χ0v) is 14.9. The summed E-state index contributed by atoms with van der Waals surface area (Å²) >= 11 is 0. The minimum Gasteiger partial charge on any atom is -0.358 e. The van der Waals surface area contributed by atoms with Crippen LogP contribution in [0, 0.1) is 62.7 Å². The molecule has 0 heterocycles. The van der Waals surface area contributed by atoms with E-state index in [9.17, 15) is 0 Å². The Bertz CT molecular complexity index is 268. The van der Waals surface area contributed by atoms with E-state index in [4.69, 9.17) is 12.8 Å². The number of rotatable bonds is 2. The van der Waals surface area contributed by atoms with E-state index in [-0.39, 0.29) is 36.1 Å². The minimum atomic E-state index is 0. The van der Waals surface area contributed by atoms with Crippen LogP contribution in [-0.2, 0) is 25.8 Å². The van der Waals surface area contributed by atoms with Crippen LogP contribution < -0.4 is 0 Å². The molecule has 0 aliphatic rings. The molecule has 0 bridgehead atoms. The summed E-state index contributed by atoms with van der Waals surface area (Å²) < 4.78 is 0. The van der Waals surface area contributed by atoms with Crippen LogP contribution in [-0.4, -0.2) is 0 Å². The summed E-state index contributed by atoms with van der Waals surface area (Å²) in [6.07, 6.45) is 16.0. The van der Waals surface area contributed by atoms with Gasteiger partial charge in [-0.2, -0.15) is 6.42 Å². The smallest absolute Gasteiger partial charge is 0.358 e. The van der Waals surface area contributed by atoms with Crippen LogP contribution in [0.1, 0.15) is 42.9 Å². The van der Waals surface area contributed by atoms with E-state index in [1.54, 1.807) is 13.8 Å². The van der Waals surface area contributed by atoms with E-state index in [2.05, 4.69) is 37.5 Å². The Morgan fingerprint density at radius 2 is 1.41 bits per heavy atom. The van der Waals surface area contributed by atoms with Gasteiger partial charge in [0.25, 0.3) is 0 Å². The molecule has 0 amide bonds. The molecule has 0 aromatic heterocycles. The fraction of sp³-hybridized carbons (Fsp3) is 0.375. The van der Waals surface area contributed by atoms with E-state index in [1.807, 2.05) is 11.8 Å². The maximum atomic E-state index is 6.18. The fourth-order valence-electron chi connectivity index (χ4n) is 0.375. The second kappa shape index (κ2) is 45.7. The molecule has 0 nitrogen and oxygen atoms in total. The molecule has 0 rings (SSSR count). The Hall–Kier alpha value is -0.890. The largest absolute Gasteiger partial charge is 4.00 e. The van der Waals surface area contributed by atoms with Crippen molar-refractivity contribution in [2.75, 3.05) is 0 Å². The summed E-state index contributed by atoms with van der Waals surface area (Å²) in [5, 5.41) is 0. The van der Waals surface area contributed by atoms with Gasteiger partial charge < -0.3 is 27.2 Å². The molecule has 0 saturated carbocycles. The molecule has 0 aliphatic carbocycles. The molecule has 1 heteroatoms. The van der Waals surface area contributed by atoms with E-state index in [1.165, 1.54) is 12.8 Å². The van der Waals surface area contributed by atoms with Crippen LogP contribution in [0.5, 0.6) is 0 Å². The molecule has 0 N–H and O–H groups in total. The van der Waals surface area contributed by atoms with Crippen molar-refractivity contribution >= 4 is 0 Å². The predicted molar refractivity (Wildman–Crippen MR) is 76.7 cm³/mol. The first-order valence-corrected chi connectivity index (χ1v) is 4.71. The van der Waals surface area contributed by atoms with Crippen molar-refractivity contribution in [3.05, 3.63) is 27.2 Å². The Labute approximate surface area is 131 Å². The van der Waals surface area contributed by atoms with Crippen LogP contribution in [0.3, 0.4) is 0 Å². The number of hydrogen-bond donors (Lipinski definition) is 0. The Balaban J connectivity index is -0.0000000206. The third kappa shape index (κ3) is 99.5. The second-order valence-electron chi connectivity index (χ2n) is 2.21. The molecule has 0 fully saturated rings. The number of hydrogen-bond acceptors (Lipinski definition) is 0. The van der Waals surface area contributed by atoms with Gasteiger partial charge in [-0.3, -0.25) is 23.7 Å². The molecule has 17 heavy (non-hydrogen) atoms. The van der Waals surface area contributed by atoms with Crippen molar-refractivity contribution in [2.24, 2.45) is 0 Å². The third-order valence-corrected chi connectivity index (χ3v) is 0.979. The van der Waals surface area contributed by atoms with Gasteiger partial charge in [0.2, 0.25) is 0 Å². The minimum absolute atomic E-state index is 0. The Kier molecular flexibility index (Phi) is 80.2. The summed E-state index contributed by atoms with van der Waals surface area (Å²) in [5.41, 5.74) is 0. The average molecular weight is 395 g/mol. The average Bonchev–Trinajstić information content (AvgIpc) is 2.23. The molecule has 0 atom stereocenters. The van der Waals surface area contributed by atoms with Crippen molar-refractivity contribution in [1.82, 2.24) is 0 Å². The fourth-order valence-corrected chi connectivity index (χ4v) is 0.375. The zero-order chi connectivity index (χ0) is 12.4. The quantitative estimate of drug-likeness (QED) is 0.375. The summed E-state index contributed by atoms with van der Waals surface area (Å²) in [7, 11) is 0. The van der Waals surface area contributed by atoms with Gasteiger partial charge in [-0.05, 0) is 13.8 Å². The normalized spacial score (nSPS) is 4.35. The standard InChI is InChI=1S/C5H11.2C5H3.CH3.Hf.2H2/c3*1-3-5-4-2;;;;/h1,3-5H2,2H3;2*1H3;1H3;;2*1H/q4*-1;+4;;. The molecule has 0 aliphatic heterocycles. The van der Waals surface area contributed by atoms with Gasteiger partial charge in [-0.25, -0.2) is 11.8 Å². The molecule has 92 valence electrons. The third-order valence-electron chi connectivity index (χ3n) is 0.979. The van der Waals surface area contributed by atoms with Crippen LogP contribution in [0.15, 0.2) is 0 Å². The van der Waals surface area contributed by atoms with Gasteiger partial charge in [-0.1, -0.05) is 19.8 Å². The molecule has 0 aromatic rings. The van der Waals surface area contributed by atoms with E-state index in [0.717, 1.165) is 6.42 Å². The van der Waals surface area contributed by atoms with Gasteiger partial charge in [0.05, 0.1) is 0 Å². The SMILES string of the molecule is [C-]#CC#CC.[C-]#CC#CC.[CH2-]CCCC.[CH3-].[HH].[HH].[Hf+4]. The first-order chi connectivity index (χ1) is 7.24. The summed E-state index contributed by atoms with van der Waals surface area (Å²) in [6.45, 7) is 9.18. The van der Waals surface area contributed by atoms with E-state index < -0.39 is 0 Å². The predicted octanol–water partition coefficient (Wildman–Crippen LogP) is 4.15. The van der Waals surface area contributed by atoms with Crippen molar-refractivity contribution in [3.63, 3.8) is 0 Å². The van der Waals surface area contributed by atoms with Crippen molar-refractivity contribution < 1.29 is 28.7 Å². The van der Waals surface area contributed by atoms with Crippen molar-refractivity contribution in [1.29, 1.82) is 0 Å². The zero-order valence-electron chi connectivity index (χ0n) is 11.3. The van der Waals surface area contributed by atoms with Crippen LogP contribution in [0.2, 0.25) is 0 Å². The second-order valence-corrected chi connectivity index (χ2v) is 2.21. The van der Waals surface area contributed by atoms with Crippen LogP contribution in [0.25, 0.3) is 0 Å². The van der Waals surface area contributed by atoms with Gasteiger partial charge >= 0.3 is 25.8 Å². The van der Waals surface area contributed by atoms with Crippen LogP contribution in [0.4, 0.5) is 0 Å². The topological polar surface area (TPSA) is 0 Å². The molecular weight excluding hydrogens is 371 g/mol. The summed E-state index contributed by atoms with van der Waals surface area (Å²) in [5.74, 6) is 13.3. The molecule has 0 spiro atoms. The Morgan fingerprint density at radius 3 is 1.41 bits per heavy atom. The molecule has 0 unspecified atom stereocenters. The monoisotopic (exact) mass is 396 g/mol. The first-order valence-electron chi connectivity index (χ1n) is 4.71. The van der Waals surface area contributed by atoms with Gasteiger partial charge in [-0.15, -0.1) is 0 Å². The van der Waals surface area contributed by atoms with E-state index in [0.29, 0.717) is 0 Å². The van der Waals surface area contributed by atoms with Crippen molar-refractivity contribution in [2.45, 2.75) is 40.0 Å². The van der Waals surface area contributed by atoms with Gasteiger partial charge in [0, 0.05) is 2.85 Å². The van der Waals surface area contributed by atoms with Crippen molar-refractivity contribution in [3.8, 4) is 35.5 Å². The maximum Gasteiger partial charge on any atom is 4.00 e. The number of unbranched alkanes of at least 4 members (excludes halogenated alkanes) is 2. The van der Waals surface area contributed by atoms with Gasteiger partial charge in [0.15, 0.2) is 0 Å². The molecular formula is C16H24Hf. The van der Waals surface area contributed by atoms with Crippen LogP contribution >= 0.6 is 0 Å². The van der Waals surface area contributed by atoms with E-state index >= 15 is 0 Å². The molecule has 0 radical (unpaired) electrons. The van der Waals surface area contributed by atoms with Gasteiger partial charge in [0.1, 0.15) is 0 Å². The molecule has 0 aromatic carbocycles.